The third kappa shape index (κ3) is 2.60. The van der Waals surface area contributed by atoms with Crippen molar-refractivity contribution in [2.45, 2.75) is 6.54 Å². The molecule has 9 heteroatoms. The van der Waals surface area contributed by atoms with Gasteiger partial charge in [-0.2, -0.15) is 0 Å². The summed E-state index contributed by atoms with van der Waals surface area (Å²) in [5, 5.41) is 13.6. The number of anilines is 1. The van der Waals surface area contributed by atoms with Gasteiger partial charge in [-0.25, -0.2) is 15.0 Å². The maximum Gasteiger partial charge on any atom is 0.203 e. The van der Waals surface area contributed by atoms with Crippen LogP contribution in [0.15, 0.2) is 18.7 Å². The molecular formula is C15H17N5O4. The molecule has 3 rings (SSSR count). The highest BCUT2D eigenvalue weighted by Crippen LogP contribution is 2.44. The van der Waals surface area contributed by atoms with Crippen LogP contribution in [0.1, 0.15) is 5.56 Å². The van der Waals surface area contributed by atoms with E-state index in [-0.39, 0.29) is 18.0 Å². The SMILES string of the molecule is COc1cc(OC)c(OC)c(O)c1CNc1ncnc2[nH]cnc12. The lowest BCUT2D eigenvalue weighted by Crippen LogP contribution is -2.06. The fourth-order valence-corrected chi connectivity index (χ4v) is 2.41. The molecule has 9 nitrogen and oxygen atoms in total. The average Bonchev–Trinajstić information content (AvgIpc) is 3.09. The normalized spacial score (nSPS) is 10.6. The Morgan fingerprint density at radius 1 is 1.08 bits per heavy atom. The van der Waals surface area contributed by atoms with E-state index in [2.05, 4.69) is 25.3 Å². The molecular weight excluding hydrogens is 314 g/mol. The first-order valence-corrected chi connectivity index (χ1v) is 7.08. The van der Waals surface area contributed by atoms with Crippen LogP contribution >= 0.6 is 0 Å². The lowest BCUT2D eigenvalue weighted by molar-refractivity contribution is 0.324. The van der Waals surface area contributed by atoms with Gasteiger partial charge in [0.15, 0.2) is 23.0 Å². The first-order chi connectivity index (χ1) is 11.7. The smallest absolute Gasteiger partial charge is 0.203 e. The van der Waals surface area contributed by atoms with Crippen molar-refractivity contribution in [3.05, 3.63) is 24.3 Å². The fourth-order valence-electron chi connectivity index (χ4n) is 2.41. The van der Waals surface area contributed by atoms with Crippen LogP contribution in [-0.4, -0.2) is 46.4 Å². The van der Waals surface area contributed by atoms with Gasteiger partial charge in [-0.15, -0.1) is 0 Å². The summed E-state index contributed by atoms with van der Waals surface area (Å²) in [6, 6.07) is 1.65. The van der Waals surface area contributed by atoms with E-state index in [0.717, 1.165) is 0 Å². The molecule has 2 aromatic heterocycles. The molecule has 0 unspecified atom stereocenters. The summed E-state index contributed by atoms with van der Waals surface area (Å²) >= 11 is 0. The predicted octanol–water partition coefficient (Wildman–Crippen LogP) is 1.70. The first-order valence-electron chi connectivity index (χ1n) is 7.08. The Hall–Kier alpha value is -3.23. The molecule has 0 aliphatic rings. The molecule has 3 aromatic rings. The molecule has 1 aromatic carbocycles. The standard InChI is InChI=1S/C15H17N5O4/c1-22-9-4-10(23-2)13(24-3)12(21)8(9)5-16-14-11-15(18-6-17-11)20-7-19-14/h4,6-7,21H,5H2,1-3H3,(H2,16,17,18,19,20). The van der Waals surface area contributed by atoms with Gasteiger partial charge in [0.25, 0.3) is 0 Å². The van der Waals surface area contributed by atoms with Gasteiger partial charge >= 0.3 is 0 Å². The molecule has 126 valence electrons. The number of nitrogens with zero attached hydrogens (tertiary/aromatic N) is 3. The Morgan fingerprint density at radius 2 is 1.88 bits per heavy atom. The third-order valence-corrected chi connectivity index (χ3v) is 3.58. The number of aromatic hydroxyl groups is 1. The number of rotatable bonds is 6. The van der Waals surface area contributed by atoms with Gasteiger partial charge in [-0.3, -0.25) is 0 Å². The second-order valence-electron chi connectivity index (χ2n) is 4.82. The van der Waals surface area contributed by atoms with Crippen molar-refractivity contribution < 1.29 is 19.3 Å². The van der Waals surface area contributed by atoms with Crippen molar-refractivity contribution in [2.24, 2.45) is 0 Å². The van der Waals surface area contributed by atoms with Crippen LogP contribution in [0.2, 0.25) is 0 Å². The monoisotopic (exact) mass is 331 g/mol. The fraction of sp³-hybridized carbons (Fsp3) is 0.267. The van der Waals surface area contributed by atoms with Crippen LogP contribution in [0.5, 0.6) is 23.0 Å². The Balaban J connectivity index is 1.96. The van der Waals surface area contributed by atoms with Crippen LogP contribution in [0.25, 0.3) is 11.2 Å². The van der Waals surface area contributed by atoms with Gasteiger partial charge in [-0.05, 0) is 0 Å². The minimum atomic E-state index is -0.0615. The van der Waals surface area contributed by atoms with Crippen molar-refractivity contribution in [2.75, 3.05) is 26.6 Å². The Labute approximate surface area is 137 Å². The largest absolute Gasteiger partial charge is 0.504 e. The molecule has 0 spiro atoms. The lowest BCUT2D eigenvalue weighted by atomic mass is 10.1. The van der Waals surface area contributed by atoms with Crippen LogP contribution in [0.3, 0.4) is 0 Å². The van der Waals surface area contributed by atoms with Crippen molar-refractivity contribution in [3.8, 4) is 23.0 Å². The summed E-state index contributed by atoms with van der Waals surface area (Å²) in [6.07, 6.45) is 2.97. The Morgan fingerprint density at radius 3 is 2.58 bits per heavy atom. The zero-order valence-corrected chi connectivity index (χ0v) is 13.5. The average molecular weight is 331 g/mol. The van der Waals surface area contributed by atoms with Crippen molar-refractivity contribution in [3.63, 3.8) is 0 Å². The molecule has 0 aliphatic carbocycles. The summed E-state index contributed by atoms with van der Waals surface area (Å²) in [5.74, 6) is 1.56. The highest BCUT2D eigenvalue weighted by Gasteiger charge is 2.20. The maximum absolute atomic E-state index is 10.5. The number of fused-ring (bicyclic) bond motifs is 1. The van der Waals surface area contributed by atoms with E-state index in [9.17, 15) is 5.11 Å². The molecule has 0 amide bonds. The van der Waals surface area contributed by atoms with Crippen LogP contribution in [0, 0.1) is 0 Å². The van der Waals surface area contributed by atoms with Gasteiger partial charge in [-0.1, -0.05) is 0 Å². The van der Waals surface area contributed by atoms with E-state index in [1.54, 1.807) is 12.4 Å². The zero-order chi connectivity index (χ0) is 17.1. The predicted molar refractivity (Wildman–Crippen MR) is 86.8 cm³/mol. The summed E-state index contributed by atoms with van der Waals surface area (Å²) in [7, 11) is 4.46. The number of aromatic nitrogens is 4. The molecule has 0 bridgehead atoms. The Bertz CT molecular complexity index is 864. The van der Waals surface area contributed by atoms with Crippen molar-refractivity contribution in [1.29, 1.82) is 0 Å². The minimum Gasteiger partial charge on any atom is -0.504 e. The molecule has 0 saturated heterocycles. The number of methoxy groups -OCH3 is 3. The highest BCUT2D eigenvalue weighted by molar-refractivity contribution is 5.82. The van der Waals surface area contributed by atoms with Crippen LogP contribution < -0.4 is 19.5 Å². The molecule has 0 saturated carbocycles. The van der Waals surface area contributed by atoms with E-state index in [1.807, 2.05) is 0 Å². The first kappa shape index (κ1) is 15.7. The number of ether oxygens (including phenoxy) is 3. The van der Waals surface area contributed by atoms with Crippen molar-refractivity contribution in [1.82, 2.24) is 19.9 Å². The van der Waals surface area contributed by atoms with E-state index in [1.165, 1.54) is 27.7 Å². The quantitative estimate of drug-likeness (QED) is 0.625. The van der Waals surface area contributed by atoms with E-state index in [0.29, 0.717) is 34.0 Å². The number of hydrogen-bond donors (Lipinski definition) is 3. The number of aromatic amines is 1. The number of phenols is 1. The molecule has 0 aliphatic heterocycles. The number of benzene rings is 1. The summed E-state index contributed by atoms with van der Waals surface area (Å²) < 4.78 is 15.8. The number of nitrogens with one attached hydrogen (secondary N) is 2. The van der Waals surface area contributed by atoms with Crippen LogP contribution in [-0.2, 0) is 6.54 Å². The number of hydrogen-bond acceptors (Lipinski definition) is 8. The molecule has 2 heterocycles. The van der Waals surface area contributed by atoms with Gasteiger partial charge in [0.2, 0.25) is 5.75 Å². The minimum absolute atomic E-state index is 0.0615. The second kappa shape index (κ2) is 6.49. The summed E-state index contributed by atoms with van der Waals surface area (Å²) in [5.41, 5.74) is 1.74. The van der Waals surface area contributed by atoms with Gasteiger partial charge in [0.05, 0.1) is 33.2 Å². The summed E-state index contributed by atoms with van der Waals surface area (Å²) in [4.78, 5) is 15.3. The van der Waals surface area contributed by atoms with Crippen molar-refractivity contribution >= 4 is 17.0 Å². The number of H-pyrrole nitrogens is 1. The van der Waals surface area contributed by atoms with Crippen LogP contribution in [0.4, 0.5) is 5.82 Å². The number of phenolic OH excluding ortho intramolecular Hbond substituents is 1. The molecule has 24 heavy (non-hydrogen) atoms. The lowest BCUT2D eigenvalue weighted by Gasteiger charge is -2.17. The molecule has 0 radical (unpaired) electrons. The molecule has 3 N–H and O–H groups in total. The van der Waals surface area contributed by atoms with Gasteiger partial charge < -0.3 is 29.6 Å². The topological polar surface area (TPSA) is 114 Å². The van der Waals surface area contributed by atoms with E-state index < -0.39 is 0 Å². The number of imidazole rings is 1. The Kier molecular flexibility index (Phi) is 4.23. The van der Waals surface area contributed by atoms with E-state index in [4.69, 9.17) is 14.2 Å². The van der Waals surface area contributed by atoms with Gasteiger partial charge in [0, 0.05) is 12.6 Å². The maximum atomic E-state index is 10.5. The molecule has 0 fully saturated rings. The summed E-state index contributed by atoms with van der Waals surface area (Å²) in [6.45, 7) is 0.244. The molecule has 0 atom stereocenters. The highest BCUT2D eigenvalue weighted by atomic mass is 16.5. The second-order valence-corrected chi connectivity index (χ2v) is 4.82. The third-order valence-electron chi connectivity index (χ3n) is 3.58. The zero-order valence-electron chi connectivity index (χ0n) is 13.5. The van der Waals surface area contributed by atoms with Gasteiger partial charge in [0.1, 0.15) is 17.6 Å². The van der Waals surface area contributed by atoms with E-state index >= 15 is 0 Å².